The van der Waals surface area contributed by atoms with E-state index in [9.17, 15) is 18.0 Å². The van der Waals surface area contributed by atoms with Gasteiger partial charge in [-0.05, 0) is 6.42 Å². The van der Waals surface area contributed by atoms with Crippen LogP contribution in [0.3, 0.4) is 0 Å². The SMILES string of the molecule is O=C(O)CN(C(=O)Nc1cnns1)C1CCS(=O)(=O)C1. The third kappa shape index (κ3) is 3.63. The fourth-order valence-electron chi connectivity index (χ4n) is 1.93. The van der Waals surface area contributed by atoms with E-state index in [0.717, 1.165) is 16.4 Å². The summed E-state index contributed by atoms with van der Waals surface area (Å²) in [7, 11) is -3.21. The first kappa shape index (κ1) is 14.7. The summed E-state index contributed by atoms with van der Waals surface area (Å²) < 4.78 is 26.5. The average molecular weight is 320 g/mol. The summed E-state index contributed by atoms with van der Waals surface area (Å²) in [5, 5.41) is 15.2. The largest absolute Gasteiger partial charge is 0.480 e. The Hall–Kier alpha value is -1.75. The Balaban J connectivity index is 2.11. The summed E-state index contributed by atoms with van der Waals surface area (Å²) in [6.07, 6.45) is 1.57. The van der Waals surface area contributed by atoms with Crippen molar-refractivity contribution < 1.29 is 23.1 Å². The Kier molecular flexibility index (Phi) is 4.18. The molecule has 1 saturated heterocycles. The lowest BCUT2D eigenvalue weighted by Crippen LogP contribution is -2.46. The standard InChI is InChI=1S/C9H12N4O5S2/c14-8(15)4-13(6-1-2-20(17,18)5-6)9(16)11-7-3-10-12-19-7/h3,6H,1-2,4-5H2,(H,11,16)(H,14,15). The molecule has 2 heterocycles. The number of hydrogen-bond donors (Lipinski definition) is 2. The van der Waals surface area contributed by atoms with Crippen molar-refractivity contribution in [2.24, 2.45) is 0 Å². The van der Waals surface area contributed by atoms with Crippen LogP contribution in [0.5, 0.6) is 0 Å². The zero-order chi connectivity index (χ0) is 14.8. The van der Waals surface area contributed by atoms with E-state index in [-0.39, 0.29) is 17.9 Å². The minimum Gasteiger partial charge on any atom is -0.480 e. The van der Waals surface area contributed by atoms with E-state index in [1.807, 2.05) is 0 Å². The van der Waals surface area contributed by atoms with Gasteiger partial charge in [-0.15, -0.1) is 5.10 Å². The van der Waals surface area contributed by atoms with E-state index < -0.39 is 34.4 Å². The number of rotatable bonds is 4. The van der Waals surface area contributed by atoms with Crippen LogP contribution in [-0.4, -0.2) is 64.1 Å². The van der Waals surface area contributed by atoms with Crippen molar-refractivity contribution >= 4 is 38.4 Å². The highest BCUT2D eigenvalue weighted by molar-refractivity contribution is 7.91. The molecular formula is C9H12N4O5S2. The summed E-state index contributed by atoms with van der Waals surface area (Å²) in [5.74, 6) is -1.45. The number of carboxylic acids is 1. The second kappa shape index (κ2) is 5.71. The third-order valence-electron chi connectivity index (χ3n) is 2.81. The summed E-state index contributed by atoms with van der Waals surface area (Å²) in [5.41, 5.74) is 0. The van der Waals surface area contributed by atoms with E-state index in [0.29, 0.717) is 5.00 Å². The number of carbonyl (C=O) groups excluding carboxylic acids is 1. The zero-order valence-electron chi connectivity index (χ0n) is 10.2. The highest BCUT2D eigenvalue weighted by Crippen LogP contribution is 2.19. The van der Waals surface area contributed by atoms with Crippen LogP contribution in [0.25, 0.3) is 0 Å². The van der Waals surface area contributed by atoms with Crippen LogP contribution >= 0.6 is 11.5 Å². The van der Waals surface area contributed by atoms with E-state index in [2.05, 4.69) is 14.9 Å². The first-order valence-corrected chi connectivity index (χ1v) is 8.24. The molecule has 0 aromatic carbocycles. The molecule has 1 atom stereocenters. The Morgan fingerprint density at radius 1 is 1.55 bits per heavy atom. The maximum atomic E-state index is 12.1. The zero-order valence-corrected chi connectivity index (χ0v) is 11.9. The molecule has 2 N–H and O–H groups in total. The summed E-state index contributed by atoms with van der Waals surface area (Å²) in [6.45, 7) is -0.557. The monoisotopic (exact) mass is 320 g/mol. The van der Waals surface area contributed by atoms with Gasteiger partial charge in [-0.25, -0.2) is 13.2 Å². The van der Waals surface area contributed by atoms with Gasteiger partial charge in [-0.1, -0.05) is 4.49 Å². The number of nitrogens with zero attached hydrogens (tertiary/aromatic N) is 3. The summed E-state index contributed by atoms with van der Waals surface area (Å²) >= 11 is 0.944. The van der Waals surface area contributed by atoms with Crippen molar-refractivity contribution in [3.63, 3.8) is 0 Å². The fourth-order valence-corrected chi connectivity index (χ4v) is 4.07. The predicted molar refractivity (Wildman–Crippen MR) is 70.3 cm³/mol. The van der Waals surface area contributed by atoms with Gasteiger partial charge in [0, 0.05) is 17.6 Å². The van der Waals surface area contributed by atoms with Gasteiger partial charge in [-0.2, -0.15) is 0 Å². The van der Waals surface area contributed by atoms with Crippen LogP contribution in [0.2, 0.25) is 0 Å². The van der Waals surface area contributed by atoms with E-state index in [1.54, 1.807) is 0 Å². The quantitative estimate of drug-likeness (QED) is 0.775. The second-order valence-electron chi connectivity index (χ2n) is 4.29. The Morgan fingerprint density at radius 2 is 2.30 bits per heavy atom. The molecule has 0 aliphatic carbocycles. The van der Waals surface area contributed by atoms with Gasteiger partial charge in [0.1, 0.15) is 11.5 Å². The fraction of sp³-hybridized carbons (Fsp3) is 0.556. The van der Waals surface area contributed by atoms with Gasteiger partial charge < -0.3 is 10.0 Å². The molecule has 11 heteroatoms. The molecule has 1 aliphatic heterocycles. The molecule has 110 valence electrons. The maximum Gasteiger partial charge on any atom is 0.323 e. The maximum absolute atomic E-state index is 12.1. The van der Waals surface area contributed by atoms with Crippen molar-refractivity contribution in [2.75, 3.05) is 23.4 Å². The van der Waals surface area contributed by atoms with Crippen molar-refractivity contribution in [3.8, 4) is 0 Å². The lowest BCUT2D eigenvalue weighted by Gasteiger charge is -2.26. The minimum absolute atomic E-state index is 0.0385. The molecule has 1 aromatic heterocycles. The topological polar surface area (TPSA) is 130 Å². The van der Waals surface area contributed by atoms with Crippen molar-refractivity contribution in [1.29, 1.82) is 0 Å². The molecule has 0 spiro atoms. The van der Waals surface area contributed by atoms with Crippen LogP contribution < -0.4 is 5.32 Å². The number of anilines is 1. The number of aromatic nitrogens is 2. The molecule has 1 aliphatic rings. The predicted octanol–water partition coefficient (Wildman–Crippen LogP) is -0.356. The van der Waals surface area contributed by atoms with Crippen LogP contribution in [0.1, 0.15) is 6.42 Å². The molecule has 1 fully saturated rings. The van der Waals surface area contributed by atoms with Gasteiger partial charge >= 0.3 is 12.0 Å². The highest BCUT2D eigenvalue weighted by atomic mass is 32.2. The normalized spacial score (nSPS) is 20.5. The molecule has 20 heavy (non-hydrogen) atoms. The third-order valence-corrected chi connectivity index (χ3v) is 5.14. The van der Waals surface area contributed by atoms with Crippen molar-refractivity contribution in [1.82, 2.24) is 14.5 Å². The number of carboxylic acid groups (broad SMARTS) is 1. The van der Waals surface area contributed by atoms with Gasteiger partial charge in [0.2, 0.25) is 0 Å². The van der Waals surface area contributed by atoms with Gasteiger partial charge in [0.15, 0.2) is 9.84 Å². The molecule has 0 radical (unpaired) electrons. The molecular weight excluding hydrogens is 308 g/mol. The summed E-state index contributed by atoms with van der Waals surface area (Å²) in [6, 6.07) is -1.29. The van der Waals surface area contributed by atoms with Gasteiger partial charge in [-0.3, -0.25) is 10.1 Å². The molecule has 1 unspecified atom stereocenters. The van der Waals surface area contributed by atoms with Gasteiger partial charge in [0.25, 0.3) is 0 Å². The Labute approximate surface area is 118 Å². The van der Waals surface area contributed by atoms with Gasteiger partial charge in [0.05, 0.1) is 17.7 Å². The Morgan fingerprint density at radius 3 is 2.80 bits per heavy atom. The summed E-state index contributed by atoms with van der Waals surface area (Å²) in [4.78, 5) is 23.9. The number of carbonyl (C=O) groups is 2. The first-order valence-electron chi connectivity index (χ1n) is 5.64. The van der Waals surface area contributed by atoms with Crippen LogP contribution in [0, 0.1) is 0 Å². The number of hydrogen-bond acceptors (Lipinski definition) is 7. The molecule has 1 aromatic rings. The van der Waals surface area contributed by atoms with E-state index in [1.165, 1.54) is 6.20 Å². The van der Waals surface area contributed by atoms with E-state index >= 15 is 0 Å². The van der Waals surface area contributed by atoms with Crippen LogP contribution in [-0.2, 0) is 14.6 Å². The van der Waals surface area contributed by atoms with Crippen LogP contribution in [0.15, 0.2) is 6.20 Å². The molecule has 9 nitrogen and oxygen atoms in total. The van der Waals surface area contributed by atoms with E-state index in [4.69, 9.17) is 5.11 Å². The second-order valence-corrected chi connectivity index (χ2v) is 7.30. The average Bonchev–Trinajstić information content (AvgIpc) is 2.95. The molecule has 0 bridgehead atoms. The lowest BCUT2D eigenvalue weighted by molar-refractivity contribution is -0.137. The molecule has 0 saturated carbocycles. The number of nitrogens with one attached hydrogen (secondary N) is 1. The van der Waals surface area contributed by atoms with Crippen LogP contribution in [0.4, 0.5) is 9.80 Å². The molecule has 2 rings (SSSR count). The smallest absolute Gasteiger partial charge is 0.323 e. The Bertz CT molecular complexity index is 600. The van der Waals surface area contributed by atoms with Crippen molar-refractivity contribution in [2.45, 2.75) is 12.5 Å². The number of urea groups is 1. The lowest BCUT2D eigenvalue weighted by atomic mass is 10.2. The number of sulfone groups is 1. The minimum atomic E-state index is -3.21. The highest BCUT2D eigenvalue weighted by Gasteiger charge is 2.35. The molecule has 2 amide bonds. The van der Waals surface area contributed by atoms with Crippen molar-refractivity contribution in [3.05, 3.63) is 6.20 Å². The number of aliphatic carboxylic acids is 1. The number of amides is 2. The first-order chi connectivity index (χ1) is 9.37.